The second-order valence-corrected chi connectivity index (χ2v) is 6.83. The van der Waals surface area contributed by atoms with Crippen molar-refractivity contribution in [2.75, 3.05) is 0 Å². The Morgan fingerprint density at radius 3 is 2.76 bits per heavy atom. The number of allylic oxidation sites excluding steroid dienone is 1. The Morgan fingerprint density at radius 1 is 1.29 bits per heavy atom. The normalized spacial score (nSPS) is 19.4. The summed E-state index contributed by atoms with van der Waals surface area (Å²) in [6.45, 7) is 2.08. The van der Waals surface area contributed by atoms with Gasteiger partial charge in [-0.25, -0.2) is 0 Å². The Balaban J connectivity index is 2.14. The van der Waals surface area contributed by atoms with E-state index in [0.717, 1.165) is 22.2 Å². The van der Waals surface area contributed by atoms with Crippen LogP contribution in [-0.2, 0) is 0 Å². The van der Waals surface area contributed by atoms with Crippen LogP contribution in [0.25, 0.3) is 0 Å². The van der Waals surface area contributed by atoms with Crippen molar-refractivity contribution < 1.29 is 5.11 Å². The van der Waals surface area contributed by atoms with Crippen LogP contribution in [0.3, 0.4) is 0 Å². The summed E-state index contributed by atoms with van der Waals surface area (Å²) in [5.74, 6) is 0. The van der Waals surface area contributed by atoms with Crippen LogP contribution in [-0.4, -0.2) is 5.11 Å². The van der Waals surface area contributed by atoms with Crippen LogP contribution in [0.5, 0.6) is 0 Å². The molecule has 1 heterocycles. The van der Waals surface area contributed by atoms with Crippen molar-refractivity contribution in [3.8, 4) is 0 Å². The van der Waals surface area contributed by atoms with Gasteiger partial charge in [-0.05, 0) is 60.2 Å². The number of aliphatic hydroxyl groups excluding tert-OH is 1. The van der Waals surface area contributed by atoms with Crippen molar-refractivity contribution in [3.63, 3.8) is 0 Å². The van der Waals surface area contributed by atoms with E-state index in [1.165, 1.54) is 36.1 Å². The third-order valence-corrected chi connectivity index (χ3v) is 5.51. The van der Waals surface area contributed by atoms with Crippen LogP contribution in [0.1, 0.15) is 54.4 Å². The first-order valence-electron chi connectivity index (χ1n) is 6.31. The molecule has 0 saturated carbocycles. The van der Waals surface area contributed by atoms with Crippen molar-refractivity contribution >= 4 is 27.3 Å². The minimum Gasteiger partial charge on any atom is -0.383 e. The Morgan fingerprint density at radius 2 is 2.06 bits per heavy atom. The fourth-order valence-electron chi connectivity index (χ4n) is 2.26. The number of rotatable bonds is 2. The second-order valence-electron chi connectivity index (χ2n) is 4.69. The first-order chi connectivity index (χ1) is 8.18. The van der Waals surface area contributed by atoms with Gasteiger partial charge in [0.25, 0.3) is 0 Å². The van der Waals surface area contributed by atoms with Gasteiger partial charge in [-0.15, -0.1) is 11.3 Å². The van der Waals surface area contributed by atoms with Crippen molar-refractivity contribution in [1.82, 2.24) is 0 Å². The predicted octanol–water partition coefficient (Wildman–Crippen LogP) is 5.13. The first kappa shape index (κ1) is 13.3. The van der Waals surface area contributed by atoms with E-state index in [4.69, 9.17) is 0 Å². The number of thiophene rings is 1. The van der Waals surface area contributed by atoms with Crippen LogP contribution in [0, 0.1) is 6.92 Å². The van der Waals surface area contributed by atoms with Gasteiger partial charge in [-0.3, -0.25) is 0 Å². The summed E-state index contributed by atoms with van der Waals surface area (Å²) < 4.78 is 1.11. The Labute approximate surface area is 116 Å². The molecule has 1 N–H and O–H groups in total. The van der Waals surface area contributed by atoms with Gasteiger partial charge in [-0.1, -0.05) is 18.9 Å². The Bertz CT molecular complexity index is 389. The summed E-state index contributed by atoms with van der Waals surface area (Å²) >= 11 is 5.21. The highest BCUT2D eigenvalue weighted by Crippen LogP contribution is 2.36. The van der Waals surface area contributed by atoms with Crippen molar-refractivity contribution in [3.05, 3.63) is 31.9 Å². The van der Waals surface area contributed by atoms with Crippen LogP contribution in [0.4, 0.5) is 0 Å². The molecule has 17 heavy (non-hydrogen) atoms. The summed E-state index contributed by atoms with van der Waals surface area (Å²) in [5.41, 5.74) is 1.22. The van der Waals surface area contributed by atoms with Gasteiger partial charge in [0, 0.05) is 14.2 Å². The Kier molecular flexibility index (Phi) is 4.83. The number of aryl methyl sites for hydroxylation is 1. The Hall–Kier alpha value is -0.120. The lowest BCUT2D eigenvalue weighted by Gasteiger charge is -2.16. The zero-order chi connectivity index (χ0) is 12.3. The molecular weight excluding hydrogens is 296 g/mol. The van der Waals surface area contributed by atoms with Gasteiger partial charge in [0.1, 0.15) is 6.10 Å². The molecule has 0 saturated heterocycles. The smallest absolute Gasteiger partial charge is 0.109 e. The number of aliphatic hydroxyl groups is 1. The van der Waals surface area contributed by atoms with E-state index in [0.29, 0.717) is 0 Å². The van der Waals surface area contributed by atoms with E-state index >= 15 is 0 Å². The maximum Gasteiger partial charge on any atom is 0.109 e. The molecule has 1 unspecified atom stereocenters. The lowest BCUT2D eigenvalue weighted by atomic mass is 9.96. The number of hydrogen-bond donors (Lipinski definition) is 1. The molecule has 0 amide bonds. The zero-order valence-corrected chi connectivity index (χ0v) is 12.6. The van der Waals surface area contributed by atoms with Crippen LogP contribution in [0.15, 0.2) is 22.2 Å². The summed E-state index contributed by atoms with van der Waals surface area (Å²) in [4.78, 5) is 2.31. The molecule has 0 radical (unpaired) electrons. The molecule has 0 aromatic carbocycles. The molecule has 0 fully saturated rings. The fourth-order valence-corrected chi connectivity index (χ4v) is 3.85. The van der Waals surface area contributed by atoms with E-state index < -0.39 is 0 Å². The van der Waals surface area contributed by atoms with Crippen LogP contribution >= 0.6 is 27.3 Å². The molecule has 1 aliphatic carbocycles. The molecule has 1 nitrogen and oxygen atoms in total. The zero-order valence-electron chi connectivity index (χ0n) is 10.2. The topological polar surface area (TPSA) is 20.2 Å². The maximum atomic E-state index is 10.4. The van der Waals surface area contributed by atoms with Gasteiger partial charge in [-0.2, -0.15) is 0 Å². The molecule has 2 rings (SSSR count). The SMILES string of the molecule is Cc1sc(C(O)C2=CCCCCCC2)cc1Br. The van der Waals surface area contributed by atoms with Crippen molar-refractivity contribution in [1.29, 1.82) is 0 Å². The average molecular weight is 315 g/mol. The molecule has 0 aliphatic heterocycles. The average Bonchev–Trinajstić information content (AvgIpc) is 2.58. The third-order valence-electron chi connectivity index (χ3n) is 3.32. The second kappa shape index (κ2) is 6.17. The molecule has 94 valence electrons. The molecule has 0 bridgehead atoms. The fraction of sp³-hybridized carbons (Fsp3) is 0.571. The monoisotopic (exact) mass is 314 g/mol. The van der Waals surface area contributed by atoms with Crippen LogP contribution in [0.2, 0.25) is 0 Å². The lowest BCUT2D eigenvalue weighted by Crippen LogP contribution is -2.01. The van der Waals surface area contributed by atoms with Gasteiger partial charge in [0.05, 0.1) is 0 Å². The number of halogens is 1. The van der Waals surface area contributed by atoms with Gasteiger partial charge < -0.3 is 5.11 Å². The molecule has 1 aromatic rings. The largest absolute Gasteiger partial charge is 0.383 e. The van der Waals surface area contributed by atoms with Crippen LogP contribution < -0.4 is 0 Å². The third kappa shape index (κ3) is 3.43. The van der Waals surface area contributed by atoms with E-state index in [1.807, 2.05) is 0 Å². The minimum atomic E-state index is -0.386. The highest BCUT2D eigenvalue weighted by Gasteiger charge is 2.17. The van der Waals surface area contributed by atoms with E-state index in [2.05, 4.69) is 35.0 Å². The minimum absolute atomic E-state index is 0.386. The first-order valence-corrected chi connectivity index (χ1v) is 7.92. The highest BCUT2D eigenvalue weighted by molar-refractivity contribution is 9.10. The van der Waals surface area contributed by atoms with Gasteiger partial charge in [0.15, 0.2) is 0 Å². The summed E-state index contributed by atoms with van der Waals surface area (Å²) in [6, 6.07) is 2.06. The van der Waals surface area contributed by atoms with E-state index in [-0.39, 0.29) is 6.10 Å². The molecule has 1 atom stereocenters. The molecule has 1 aromatic heterocycles. The highest BCUT2D eigenvalue weighted by atomic mass is 79.9. The summed E-state index contributed by atoms with van der Waals surface area (Å²) in [5, 5.41) is 10.4. The van der Waals surface area contributed by atoms with E-state index in [1.54, 1.807) is 11.3 Å². The quantitative estimate of drug-likeness (QED) is 0.750. The predicted molar refractivity (Wildman–Crippen MR) is 77.5 cm³/mol. The molecule has 3 heteroatoms. The van der Waals surface area contributed by atoms with E-state index in [9.17, 15) is 5.11 Å². The lowest BCUT2D eigenvalue weighted by molar-refractivity contribution is 0.213. The summed E-state index contributed by atoms with van der Waals surface area (Å²) in [6.07, 6.45) is 9.17. The standard InChI is InChI=1S/C14H19BrOS/c1-10-12(15)9-13(17-10)14(16)11-7-5-3-2-4-6-8-11/h7,9,14,16H,2-6,8H2,1H3. The molecule has 1 aliphatic rings. The van der Waals surface area contributed by atoms with Gasteiger partial charge >= 0.3 is 0 Å². The number of hydrogen-bond acceptors (Lipinski definition) is 2. The van der Waals surface area contributed by atoms with Gasteiger partial charge in [0.2, 0.25) is 0 Å². The molecular formula is C14H19BrOS. The van der Waals surface area contributed by atoms with Crippen molar-refractivity contribution in [2.45, 2.75) is 51.6 Å². The summed E-state index contributed by atoms with van der Waals surface area (Å²) in [7, 11) is 0. The van der Waals surface area contributed by atoms with Crippen molar-refractivity contribution in [2.24, 2.45) is 0 Å². The maximum absolute atomic E-state index is 10.4. The molecule has 0 spiro atoms.